The van der Waals surface area contributed by atoms with Gasteiger partial charge in [0.05, 0.1) is 5.56 Å². The molecule has 116 valence electrons. The van der Waals surface area contributed by atoms with Crippen molar-refractivity contribution < 1.29 is 14.6 Å². The van der Waals surface area contributed by atoms with Gasteiger partial charge in [-0.25, -0.2) is 4.79 Å². The smallest absolute Gasteiger partial charge is 0.293 e. The molecule has 1 aliphatic carbocycles. The Bertz CT molecular complexity index is 452. The predicted octanol–water partition coefficient (Wildman–Crippen LogP) is 4.55. The largest absolute Gasteiger partial charge is 0.373 e. The van der Waals surface area contributed by atoms with E-state index in [-0.39, 0.29) is 6.10 Å². The Hall–Kier alpha value is -1.35. The van der Waals surface area contributed by atoms with E-state index in [1.54, 1.807) is 0 Å². The normalized spacial score (nSPS) is 25.6. The summed E-state index contributed by atoms with van der Waals surface area (Å²) in [4.78, 5) is 22.5. The van der Waals surface area contributed by atoms with Crippen LogP contribution in [0.5, 0.6) is 0 Å². The minimum atomic E-state index is -0.400. The van der Waals surface area contributed by atoms with Gasteiger partial charge in [-0.3, -0.25) is 4.89 Å². The lowest BCUT2D eigenvalue weighted by atomic mass is 9.82. The van der Waals surface area contributed by atoms with Crippen LogP contribution < -0.4 is 0 Å². The van der Waals surface area contributed by atoms with E-state index in [0.717, 1.165) is 25.7 Å². The number of hydrogen-bond donors (Lipinski definition) is 0. The number of rotatable bonds is 5. The highest BCUT2D eigenvalue weighted by Crippen LogP contribution is 2.30. The summed E-state index contributed by atoms with van der Waals surface area (Å²) < 4.78 is 0. The second-order valence-electron chi connectivity index (χ2n) is 6.35. The number of benzene rings is 1. The second kappa shape index (κ2) is 7.60. The maximum absolute atomic E-state index is 12.0. The van der Waals surface area contributed by atoms with Gasteiger partial charge < -0.3 is 0 Å². The number of carbonyl (C=O) groups excluding carboxylic acids is 1. The first kappa shape index (κ1) is 16.0. The lowest BCUT2D eigenvalue weighted by Crippen LogP contribution is -2.30. The van der Waals surface area contributed by atoms with Gasteiger partial charge in [0.2, 0.25) is 0 Å². The molecule has 21 heavy (non-hydrogen) atoms. The highest BCUT2D eigenvalue weighted by molar-refractivity contribution is 5.88. The Balaban J connectivity index is 1.86. The van der Waals surface area contributed by atoms with Crippen molar-refractivity contribution in [1.82, 2.24) is 0 Å². The zero-order valence-electron chi connectivity index (χ0n) is 13.3. The minimum absolute atomic E-state index is 0.0251. The van der Waals surface area contributed by atoms with Gasteiger partial charge in [0.1, 0.15) is 6.10 Å². The monoisotopic (exact) mass is 290 g/mol. The van der Waals surface area contributed by atoms with Gasteiger partial charge in [-0.05, 0) is 48.8 Å². The van der Waals surface area contributed by atoms with Crippen molar-refractivity contribution in [1.29, 1.82) is 0 Å². The summed E-state index contributed by atoms with van der Waals surface area (Å²) in [5.74, 6) is 0.683. The van der Waals surface area contributed by atoms with Gasteiger partial charge >= 0.3 is 5.97 Å². The van der Waals surface area contributed by atoms with Crippen LogP contribution in [0.1, 0.15) is 62.4 Å². The van der Waals surface area contributed by atoms with E-state index in [2.05, 4.69) is 20.8 Å². The summed E-state index contributed by atoms with van der Waals surface area (Å²) in [6.45, 7) is 6.52. The molecule has 1 aliphatic rings. The van der Waals surface area contributed by atoms with Crippen molar-refractivity contribution >= 4 is 5.97 Å². The van der Waals surface area contributed by atoms with Crippen LogP contribution in [0.3, 0.4) is 0 Å². The van der Waals surface area contributed by atoms with Crippen molar-refractivity contribution in [3.63, 3.8) is 0 Å². The van der Waals surface area contributed by atoms with Crippen LogP contribution in [0.25, 0.3) is 0 Å². The van der Waals surface area contributed by atoms with E-state index in [1.807, 2.05) is 24.3 Å². The van der Waals surface area contributed by atoms with Crippen LogP contribution in [-0.4, -0.2) is 12.1 Å². The van der Waals surface area contributed by atoms with E-state index in [0.29, 0.717) is 17.4 Å². The molecule has 3 nitrogen and oxygen atoms in total. The molecule has 3 heteroatoms. The Labute approximate surface area is 127 Å². The van der Waals surface area contributed by atoms with E-state index >= 15 is 0 Å². The van der Waals surface area contributed by atoms with Crippen LogP contribution in [0, 0.1) is 11.8 Å². The fourth-order valence-corrected chi connectivity index (χ4v) is 2.86. The number of hydrogen-bond acceptors (Lipinski definition) is 3. The molecule has 0 spiro atoms. The molecule has 0 N–H and O–H groups in total. The molecule has 0 saturated heterocycles. The maximum atomic E-state index is 12.0. The zero-order valence-corrected chi connectivity index (χ0v) is 13.3. The molecule has 0 heterocycles. The molecule has 0 bridgehead atoms. The minimum Gasteiger partial charge on any atom is -0.293 e. The second-order valence-corrected chi connectivity index (χ2v) is 6.35. The molecule has 1 fully saturated rings. The average Bonchev–Trinajstić information content (AvgIpc) is 2.49. The molecule has 1 aromatic carbocycles. The Morgan fingerprint density at radius 3 is 2.57 bits per heavy atom. The van der Waals surface area contributed by atoms with E-state index in [9.17, 15) is 4.79 Å². The van der Waals surface area contributed by atoms with Gasteiger partial charge in [-0.2, -0.15) is 4.89 Å². The van der Waals surface area contributed by atoms with Crippen molar-refractivity contribution in [2.24, 2.45) is 11.8 Å². The summed E-state index contributed by atoms with van der Waals surface area (Å²) in [5.41, 5.74) is 1.79. The van der Waals surface area contributed by atoms with Crippen LogP contribution >= 0.6 is 0 Å². The van der Waals surface area contributed by atoms with Gasteiger partial charge in [0, 0.05) is 0 Å². The third kappa shape index (κ3) is 4.57. The zero-order chi connectivity index (χ0) is 15.2. The van der Waals surface area contributed by atoms with Gasteiger partial charge in [-0.15, -0.1) is 0 Å². The molecule has 3 unspecified atom stereocenters. The van der Waals surface area contributed by atoms with Gasteiger partial charge in [-0.1, -0.05) is 45.7 Å². The molecular weight excluding hydrogens is 264 g/mol. The Morgan fingerprint density at radius 2 is 1.90 bits per heavy atom. The maximum Gasteiger partial charge on any atom is 0.373 e. The predicted molar refractivity (Wildman–Crippen MR) is 82.9 cm³/mol. The lowest BCUT2D eigenvalue weighted by Gasteiger charge is -2.30. The molecule has 3 atom stereocenters. The number of carbonyl (C=O) groups is 1. The standard InChI is InChI=1S/C18H26O3/c1-4-5-15-8-10-16(11-9-15)18(19)21-20-17-12-13(2)6-7-14(17)3/h8-11,13-14,17H,4-7,12H2,1-3H3. The summed E-state index contributed by atoms with van der Waals surface area (Å²) in [5, 5.41) is 0. The molecular formula is C18H26O3. The molecule has 0 radical (unpaired) electrons. The van der Waals surface area contributed by atoms with Crippen LogP contribution in [-0.2, 0) is 16.2 Å². The Morgan fingerprint density at radius 1 is 1.19 bits per heavy atom. The average molecular weight is 290 g/mol. The fraction of sp³-hybridized carbons (Fsp3) is 0.611. The summed E-state index contributed by atoms with van der Waals surface area (Å²) in [7, 11) is 0. The first-order valence-corrected chi connectivity index (χ1v) is 8.06. The molecule has 2 rings (SSSR count). The highest BCUT2D eigenvalue weighted by Gasteiger charge is 2.28. The lowest BCUT2D eigenvalue weighted by molar-refractivity contribution is -0.291. The molecule has 1 saturated carbocycles. The SMILES string of the molecule is CCCc1ccc(C(=O)OOC2CC(C)CCC2C)cc1. The summed E-state index contributed by atoms with van der Waals surface area (Å²) in [6.07, 6.45) is 5.48. The summed E-state index contributed by atoms with van der Waals surface area (Å²) in [6, 6.07) is 7.57. The van der Waals surface area contributed by atoms with Crippen LogP contribution in [0.2, 0.25) is 0 Å². The van der Waals surface area contributed by atoms with Crippen molar-refractivity contribution in [3.8, 4) is 0 Å². The first-order valence-electron chi connectivity index (χ1n) is 8.06. The molecule has 1 aromatic rings. The summed E-state index contributed by atoms with van der Waals surface area (Å²) >= 11 is 0. The van der Waals surface area contributed by atoms with E-state index < -0.39 is 5.97 Å². The van der Waals surface area contributed by atoms with E-state index in [1.165, 1.54) is 12.0 Å². The van der Waals surface area contributed by atoms with E-state index in [4.69, 9.17) is 9.78 Å². The third-order valence-corrected chi connectivity index (χ3v) is 4.36. The molecule has 0 amide bonds. The molecule has 0 aromatic heterocycles. The molecule has 0 aliphatic heterocycles. The van der Waals surface area contributed by atoms with Crippen molar-refractivity contribution in [2.45, 2.75) is 59.0 Å². The van der Waals surface area contributed by atoms with Crippen molar-refractivity contribution in [3.05, 3.63) is 35.4 Å². The van der Waals surface area contributed by atoms with Gasteiger partial charge in [0.25, 0.3) is 0 Å². The number of aryl methyl sites for hydroxylation is 1. The quantitative estimate of drug-likeness (QED) is 0.589. The van der Waals surface area contributed by atoms with Crippen LogP contribution in [0.15, 0.2) is 24.3 Å². The van der Waals surface area contributed by atoms with Crippen LogP contribution in [0.4, 0.5) is 0 Å². The van der Waals surface area contributed by atoms with Gasteiger partial charge in [0.15, 0.2) is 0 Å². The van der Waals surface area contributed by atoms with Crippen molar-refractivity contribution in [2.75, 3.05) is 0 Å². The fourth-order valence-electron chi connectivity index (χ4n) is 2.86. The highest BCUT2D eigenvalue weighted by atomic mass is 17.2. The third-order valence-electron chi connectivity index (χ3n) is 4.36. The topological polar surface area (TPSA) is 35.5 Å². The Kier molecular flexibility index (Phi) is 5.80. The first-order chi connectivity index (χ1) is 10.1.